The smallest absolute Gasteiger partial charge is 0.0238 e. The molecule has 2 nitrogen and oxygen atoms in total. The fourth-order valence-electron chi connectivity index (χ4n) is 0.700. The van der Waals surface area contributed by atoms with Crippen LogP contribution in [0, 0.1) is 0 Å². The van der Waals surface area contributed by atoms with Crippen molar-refractivity contribution in [3.05, 3.63) is 0 Å². The predicted octanol–water partition coefficient (Wildman–Crippen LogP) is 0.529. The molecule has 1 N–H and O–H groups in total. The maximum Gasteiger partial charge on any atom is 0.0238 e. The normalized spacial score (nSPS) is 21.9. The second-order valence-electron chi connectivity index (χ2n) is 1.66. The highest BCUT2D eigenvalue weighted by Gasteiger charge is 2.05. The van der Waals surface area contributed by atoms with Crippen LogP contribution in [0.5, 0.6) is 0 Å². The van der Waals surface area contributed by atoms with Crippen molar-refractivity contribution in [2.24, 2.45) is 0 Å². The van der Waals surface area contributed by atoms with Gasteiger partial charge < -0.3 is 5.21 Å². The zero-order chi connectivity index (χ0) is 4.41. The monoisotopic (exact) mass is 121 g/mol. The summed E-state index contributed by atoms with van der Waals surface area (Å²) in [5, 5.41) is 9.92. The second-order valence-corrected chi connectivity index (χ2v) is 1.66. The lowest BCUT2D eigenvalue weighted by molar-refractivity contribution is -0.0678. The van der Waals surface area contributed by atoms with Crippen molar-refractivity contribution in [3.8, 4) is 0 Å². The molecule has 1 unspecified atom stereocenters. The van der Waals surface area contributed by atoms with Crippen LogP contribution in [0.2, 0.25) is 0 Å². The molecule has 0 aromatic carbocycles. The molecule has 0 amide bonds. The standard InChI is InChI=1S/C4H9NO.H3P/c6-5-3-1-2-4-5;/h6H,1-4H2;1H3. The summed E-state index contributed by atoms with van der Waals surface area (Å²) in [4.78, 5) is 0. The van der Waals surface area contributed by atoms with Gasteiger partial charge in [0.25, 0.3) is 0 Å². The maximum absolute atomic E-state index is 8.56. The van der Waals surface area contributed by atoms with Crippen LogP contribution in [-0.4, -0.2) is 23.4 Å². The molecule has 1 aliphatic rings. The van der Waals surface area contributed by atoms with Crippen LogP contribution in [0.25, 0.3) is 0 Å². The summed E-state index contributed by atoms with van der Waals surface area (Å²) in [5.74, 6) is 0. The third-order valence-corrected chi connectivity index (χ3v) is 1.08. The average Bonchev–Trinajstić information content (AvgIpc) is 1.86. The van der Waals surface area contributed by atoms with Crippen LogP contribution in [0.1, 0.15) is 12.8 Å². The number of hydrogen-bond donors (Lipinski definition) is 1. The van der Waals surface area contributed by atoms with Gasteiger partial charge in [-0.05, 0) is 12.8 Å². The largest absolute Gasteiger partial charge is 0.314 e. The highest BCUT2D eigenvalue weighted by Crippen LogP contribution is 2.01. The highest BCUT2D eigenvalue weighted by molar-refractivity contribution is 6.92. The molecule has 0 aliphatic carbocycles. The first-order valence-electron chi connectivity index (χ1n) is 2.33. The van der Waals surface area contributed by atoms with Gasteiger partial charge in [-0.25, -0.2) is 0 Å². The van der Waals surface area contributed by atoms with E-state index in [9.17, 15) is 0 Å². The molecule has 0 saturated carbocycles. The molecule has 1 rings (SSSR count). The first-order valence-corrected chi connectivity index (χ1v) is 2.33. The summed E-state index contributed by atoms with van der Waals surface area (Å²) >= 11 is 0. The molecule has 0 aromatic heterocycles. The molecule has 1 heterocycles. The van der Waals surface area contributed by atoms with Crippen molar-refractivity contribution in [3.63, 3.8) is 0 Å². The van der Waals surface area contributed by atoms with Crippen molar-refractivity contribution in [2.75, 3.05) is 13.1 Å². The van der Waals surface area contributed by atoms with Crippen molar-refractivity contribution in [2.45, 2.75) is 12.8 Å². The topological polar surface area (TPSA) is 23.5 Å². The Morgan fingerprint density at radius 1 is 1.14 bits per heavy atom. The predicted molar refractivity (Wildman–Crippen MR) is 33.7 cm³/mol. The van der Waals surface area contributed by atoms with E-state index < -0.39 is 0 Å². The Bertz CT molecular complexity index is 45.0. The minimum atomic E-state index is 0. The first kappa shape index (κ1) is 7.35. The number of hydroxylamine groups is 2. The van der Waals surface area contributed by atoms with E-state index in [1.165, 1.54) is 5.06 Å². The van der Waals surface area contributed by atoms with Gasteiger partial charge in [-0.1, -0.05) is 0 Å². The Hall–Kier alpha value is 0.350. The van der Waals surface area contributed by atoms with Crippen molar-refractivity contribution in [1.82, 2.24) is 5.06 Å². The summed E-state index contributed by atoms with van der Waals surface area (Å²) in [5.41, 5.74) is 0. The van der Waals surface area contributed by atoms with E-state index in [1.54, 1.807) is 0 Å². The molecule has 0 spiro atoms. The lowest BCUT2D eigenvalue weighted by Gasteiger charge is -1.99. The number of nitrogens with zero attached hydrogens (tertiary/aromatic N) is 1. The molecular formula is C4H12NOP. The fourth-order valence-corrected chi connectivity index (χ4v) is 0.700. The Morgan fingerprint density at radius 3 is 1.71 bits per heavy atom. The minimum absolute atomic E-state index is 0. The van der Waals surface area contributed by atoms with E-state index in [-0.39, 0.29) is 9.90 Å². The molecule has 0 bridgehead atoms. The van der Waals surface area contributed by atoms with Gasteiger partial charge in [0.15, 0.2) is 0 Å². The third-order valence-electron chi connectivity index (χ3n) is 1.08. The van der Waals surface area contributed by atoms with Gasteiger partial charge >= 0.3 is 0 Å². The van der Waals surface area contributed by atoms with Gasteiger partial charge in [0.2, 0.25) is 0 Å². The Kier molecular flexibility index (Phi) is 3.53. The summed E-state index contributed by atoms with van der Waals surface area (Å²) < 4.78 is 0. The number of hydrogen-bond acceptors (Lipinski definition) is 2. The van der Waals surface area contributed by atoms with Gasteiger partial charge in [-0.15, -0.1) is 0 Å². The van der Waals surface area contributed by atoms with Crippen molar-refractivity contribution >= 4 is 9.90 Å². The molecule has 0 aromatic rings. The molecule has 1 atom stereocenters. The number of rotatable bonds is 0. The molecular weight excluding hydrogens is 109 g/mol. The van der Waals surface area contributed by atoms with E-state index in [1.807, 2.05) is 0 Å². The summed E-state index contributed by atoms with van der Waals surface area (Å²) in [6.07, 6.45) is 2.33. The van der Waals surface area contributed by atoms with Crippen LogP contribution in [0.15, 0.2) is 0 Å². The van der Waals surface area contributed by atoms with Crippen molar-refractivity contribution in [1.29, 1.82) is 0 Å². The van der Waals surface area contributed by atoms with Gasteiger partial charge in [0.1, 0.15) is 0 Å². The lowest BCUT2D eigenvalue weighted by Crippen LogP contribution is -2.11. The summed E-state index contributed by atoms with van der Waals surface area (Å²) in [7, 11) is 0. The van der Waals surface area contributed by atoms with Crippen LogP contribution < -0.4 is 0 Å². The van der Waals surface area contributed by atoms with Gasteiger partial charge in [-0.2, -0.15) is 15.0 Å². The van der Waals surface area contributed by atoms with Crippen LogP contribution in [0.4, 0.5) is 0 Å². The highest BCUT2D eigenvalue weighted by atomic mass is 31.0. The maximum atomic E-state index is 8.56. The van der Waals surface area contributed by atoms with Crippen LogP contribution >= 0.6 is 9.90 Å². The van der Waals surface area contributed by atoms with E-state index >= 15 is 0 Å². The van der Waals surface area contributed by atoms with Gasteiger partial charge in [0, 0.05) is 13.1 Å². The summed E-state index contributed by atoms with van der Waals surface area (Å²) in [6, 6.07) is 0. The van der Waals surface area contributed by atoms with Crippen LogP contribution in [0.3, 0.4) is 0 Å². The van der Waals surface area contributed by atoms with Crippen molar-refractivity contribution < 1.29 is 5.21 Å². The van der Waals surface area contributed by atoms with E-state index in [4.69, 9.17) is 5.21 Å². The average molecular weight is 121 g/mol. The first-order chi connectivity index (χ1) is 2.89. The quantitative estimate of drug-likeness (QED) is 0.472. The van der Waals surface area contributed by atoms with Gasteiger partial charge in [-0.3, -0.25) is 0 Å². The molecule has 7 heavy (non-hydrogen) atoms. The summed E-state index contributed by atoms with van der Waals surface area (Å²) in [6.45, 7) is 1.75. The Labute approximate surface area is 47.1 Å². The molecule has 1 fully saturated rings. The molecule has 44 valence electrons. The Balaban J connectivity index is 0.000000360. The SMILES string of the molecule is ON1CCCC1.P. The minimum Gasteiger partial charge on any atom is -0.314 e. The molecule has 1 saturated heterocycles. The van der Waals surface area contributed by atoms with E-state index in [2.05, 4.69) is 0 Å². The second kappa shape index (κ2) is 3.36. The zero-order valence-electron chi connectivity index (χ0n) is 4.43. The van der Waals surface area contributed by atoms with E-state index in [0.29, 0.717) is 0 Å². The van der Waals surface area contributed by atoms with Gasteiger partial charge in [0.05, 0.1) is 0 Å². The van der Waals surface area contributed by atoms with E-state index in [0.717, 1.165) is 25.9 Å². The fraction of sp³-hybridized carbons (Fsp3) is 1.00. The Morgan fingerprint density at radius 2 is 1.57 bits per heavy atom. The molecule has 1 aliphatic heterocycles. The zero-order valence-corrected chi connectivity index (χ0v) is 5.84. The molecule has 3 heteroatoms. The molecule has 0 radical (unpaired) electrons. The third kappa shape index (κ3) is 2.22. The lowest BCUT2D eigenvalue weighted by atomic mass is 10.4. The van der Waals surface area contributed by atoms with Crippen LogP contribution in [-0.2, 0) is 0 Å².